The molecule has 2 rings (SSSR count). The van der Waals surface area contributed by atoms with Crippen LogP contribution in [-0.2, 0) is 13.0 Å². The molecule has 4 heteroatoms. The minimum Gasteiger partial charge on any atom is -0.465 e. The fourth-order valence-electron chi connectivity index (χ4n) is 3.08. The third-order valence-electron chi connectivity index (χ3n) is 4.18. The van der Waals surface area contributed by atoms with Gasteiger partial charge >= 0.3 is 0 Å². The summed E-state index contributed by atoms with van der Waals surface area (Å²) in [7, 11) is 0. The first-order valence-corrected chi connectivity index (χ1v) is 7.80. The molecule has 1 aromatic rings. The molecule has 1 atom stereocenters. The Morgan fingerprint density at radius 3 is 2.65 bits per heavy atom. The molecule has 4 nitrogen and oxygen atoms in total. The summed E-state index contributed by atoms with van der Waals surface area (Å²) >= 11 is 0. The van der Waals surface area contributed by atoms with Gasteiger partial charge in [0, 0.05) is 44.7 Å². The molecular weight excluding hydrogens is 252 g/mol. The van der Waals surface area contributed by atoms with Crippen LogP contribution in [0.5, 0.6) is 0 Å². The number of aryl methyl sites for hydroxylation is 1. The van der Waals surface area contributed by atoms with Crippen molar-refractivity contribution in [1.82, 2.24) is 9.80 Å². The third-order valence-corrected chi connectivity index (χ3v) is 4.18. The number of rotatable bonds is 6. The van der Waals surface area contributed by atoms with E-state index in [1.54, 1.807) is 0 Å². The van der Waals surface area contributed by atoms with E-state index in [9.17, 15) is 5.11 Å². The SMILES string of the molecule is CCc1ccc(CN2CCN(C(C)C)C(CCO)C2)o1. The largest absolute Gasteiger partial charge is 0.465 e. The van der Waals surface area contributed by atoms with Crippen LogP contribution in [0.25, 0.3) is 0 Å². The molecule has 0 aromatic carbocycles. The highest BCUT2D eigenvalue weighted by atomic mass is 16.3. The summed E-state index contributed by atoms with van der Waals surface area (Å²) in [4.78, 5) is 4.95. The number of aliphatic hydroxyl groups is 1. The topological polar surface area (TPSA) is 39.9 Å². The van der Waals surface area contributed by atoms with E-state index in [4.69, 9.17) is 4.42 Å². The Hall–Kier alpha value is -0.840. The maximum absolute atomic E-state index is 9.27. The Labute approximate surface area is 122 Å². The molecule has 1 saturated heterocycles. The molecule has 1 aliphatic rings. The highest BCUT2D eigenvalue weighted by molar-refractivity contribution is 5.07. The first-order valence-electron chi connectivity index (χ1n) is 7.80. The van der Waals surface area contributed by atoms with Gasteiger partial charge in [0.1, 0.15) is 11.5 Å². The first-order chi connectivity index (χ1) is 9.63. The molecule has 114 valence electrons. The van der Waals surface area contributed by atoms with Crippen LogP contribution in [-0.4, -0.2) is 53.2 Å². The van der Waals surface area contributed by atoms with Gasteiger partial charge in [-0.3, -0.25) is 9.80 Å². The summed E-state index contributed by atoms with van der Waals surface area (Å²) in [5.41, 5.74) is 0. The predicted molar refractivity (Wildman–Crippen MR) is 80.7 cm³/mol. The van der Waals surface area contributed by atoms with E-state index in [1.807, 2.05) is 0 Å². The van der Waals surface area contributed by atoms with E-state index in [0.29, 0.717) is 12.1 Å². The van der Waals surface area contributed by atoms with Gasteiger partial charge in [-0.25, -0.2) is 0 Å². The smallest absolute Gasteiger partial charge is 0.118 e. The van der Waals surface area contributed by atoms with Crippen LogP contribution in [0.2, 0.25) is 0 Å². The average molecular weight is 280 g/mol. The second-order valence-corrected chi connectivity index (χ2v) is 5.95. The average Bonchev–Trinajstić information content (AvgIpc) is 2.87. The Balaban J connectivity index is 1.93. The normalized spacial score (nSPS) is 21.8. The van der Waals surface area contributed by atoms with Crippen LogP contribution in [0, 0.1) is 0 Å². The van der Waals surface area contributed by atoms with Gasteiger partial charge in [0.25, 0.3) is 0 Å². The van der Waals surface area contributed by atoms with Crippen LogP contribution in [0.1, 0.15) is 38.7 Å². The van der Waals surface area contributed by atoms with Crippen molar-refractivity contribution in [1.29, 1.82) is 0 Å². The van der Waals surface area contributed by atoms with Crippen molar-refractivity contribution in [2.75, 3.05) is 26.2 Å². The Bertz CT molecular complexity index is 403. The zero-order valence-corrected chi connectivity index (χ0v) is 13.0. The maximum atomic E-state index is 9.27. The zero-order valence-electron chi connectivity index (χ0n) is 13.0. The Kier molecular flexibility index (Phi) is 5.64. The number of hydrogen-bond acceptors (Lipinski definition) is 4. The molecule has 1 aromatic heterocycles. The van der Waals surface area contributed by atoms with Crippen molar-refractivity contribution in [2.45, 2.75) is 52.2 Å². The van der Waals surface area contributed by atoms with Gasteiger partial charge in [-0.2, -0.15) is 0 Å². The monoisotopic (exact) mass is 280 g/mol. The molecule has 0 spiro atoms. The lowest BCUT2D eigenvalue weighted by Crippen LogP contribution is -2.55. The summed E-state index contributed by atoms with van der Waals surface area (Å²) in [6.07, 6.45) is 1.81. The lowest BCUT2D eigenvalue weighted by atomic mass is 10.1. The second kappa shape index (κ2) is 7.25. The molecule has 0 amide bonds. The van der Waals surface area contributed by atoms with Crippen molar-refractivity contribution < 1.29 is 9.52 Å². The zero-order chi connectivity index (χ0) is 14.5. The number of piperazine rings is 1. The standard InChI is InChI=1S/C16H28N2O2/c1-4-15-5-6-16(20-15)12-17-8-9-18(13(2)3)14(11-17)7-10-19/h5-6,13-14,19H,4,7-12H2,1-3H3. The fraction of sp³-hybridized carbons (Fsp3) is 0.750. The maximum Gasteiger partial charge on any atom is 0.118 e. The van der Waals surface area contributed by atoms with Gasteiger partial charge in [0.05, 0.1) is 6.54 Å². The summed E-state index contributed by atoms with van der Waals surface area (Å²) in [5, 5.41) is 9.27. The molecule has 1 unspecified atom stereocenters. The van der Waals surface area contributed by atoms with Crippen molar-refractivity contribution in [3.05, 3.63) is 23.7 Å². The van der Waals surface area contributed by atoms with E-state index in [-0.39, 0.29) is 6.61 Å². The van der Waals surface area contributed by atoms with Gasteiger partial charge in [-0.05, 0) is 32.4 Å². The van der Waals surface area contributed by atoms with Crippen molar-refractivity contribution in [2.24, 2.45) is 0 Å². The van der Waals surface area contributed by atoms with Gasteiger partial charge in [-0.15, -0.1) is 0 Å². The highest BCUT2D eigenvalue weighted by Crippen LogP contribution is 2.19. The lowest BCUT2D eigenvalue weighted by Gasteiger charge is -2.43. The first kappa shape index (κ1) is 15.5. The summed E-state index contributed by atoms with van der Waals surface area (Å²) in [5.74, 6) is 2.12. The Morgan fingerprint density at radius 2 is 2.05 bits per heavy atom. The van der Waals surface area contributed by atoms with E-state index in [0.717, 1.165) is 50.5 Å². The number of furan rings is 1. The molecule has 0 bridgehead atoms. The van der Waals surface area contributed by atoms with Gasteiger partial charge < -0.3 is 9.52 Å². The molecule has 1 N–H and O–H groups in total. The van der Waals surface area contributed by atoms with Crippen molar-refractivity contribution >= 4 is 0 Å². The van der Waals surface area contributed by atoms with Crippen LogP contribution >= 0.6 is 0 Å². The molecule has 1 fully saturated rings. The van der Waals surface area contributed by atoms with E-state index in [2.05, 4.69) is 42.7 Å². The van der Waals surface area contributed by atoms with Crippen LogP contribution < -0.4 is 0 Å². The third kappa shape index (κ3) is 3.84. The molecule has 1 aliphatic heterocycles. The van der Waals surface area contributed by atoms with Crippen LogP contribution in [0.3, 0.4) is 0 Å². The summed E-state index contributed by atoms with van der Waals surface area (Å²) < 4.78 is 5.80. The highest BCUT2D eigenvalue weighted by Gasteiger charge is 2.28. The van der Waals surface area contributed by atoms with Gasteiger partial charge in [0.2, 0.25) is 0 Å². The quantitative estimate of drug-likeness (QED) is 0.866. The number of nitrogens with zero attached hydrogens (tertiary/aromatic N) is 2. The van der Waals surface area contributed by atoms with Crippen molar-refractivity contribution in [3.63, 3.8) is 0 Å². The molecule has 0 aliphatic carbocycles. The minimum atomic E-state index is 0.266. The van der Waals surface area contributed by atoms with Crippen molar-refractivity contribution in [3.8, 4) is 0 Å². The predicted octanol–water partition coefficient (Wildman–Crippen LogP) is 2.12. The number of hydrogen-bond donors (Lipinski definition) is 1. The summed E-state index contributed by atoms with van der Waals surface area (Å²) in [6, 6.07) is 5.16. The molecular formula is C16H28N2O2. The van der Waals surface area contributed by atoms with E-state index in [1.165, 1.54) is 0 Å². The summed E-state index contributed by atoms with van der Waals surface area (Å²) in [6.45, 7) is 10.9. The number of aliphatic hydroxyl groups excluding tert-OH is 1. The lowest BCUT2D eigenvalue weighted by molar-refractivity contribution is 0.0321. The van der Waals surface area contributed by atoms with E-state index >= 15 is 0 Å². The van der Waals surface area contributed by atoms with Crippen LogP contribution in [0.4, 0.5) is 0 Å². The minimum absolute atomic E-state index is 0.266. The van der Waals surface area contributed by atoms with Crippen LogP contribution in [0.15, 0.2) is 16.5 Å². The van der Waals surface area contributed by atoms with Gasteiger partial charge in [-0.1, -0.05) is 6.92 Å². The van der Waals surface area contributed by atoms with E-state index < -0.39 is 0 Å². The Morgan fingerprint density at radius 1 is 1.30 bits per heavy atom. The fourth-order valence-corrected chi connectivity index (χ4v) is 3.08. The molecule has 0 radical (unpaired) electrons. The molecule has 20 heavy (non-hydrogen) atoms. The molecule has 0 saturated carbocycles. The molecule has 2 heterocycles. The second-order valence-electron chi connectivity index (χ2n) is 5.95. The van der Waals surface area contributed by atoms with Gasteiger partial charge in [0.15, 0.2) is 0 Å².